The van der Waals surface area contributed by atoms with Crippen LogP contribution in [-0.2, 0) is 0 Å². The lowest BCUT2D eigenvalue weighted by Crippen LogP contribution is -3.61. The molecule has 2 aromatic heterocycles. The first-order valence-corrected chi connectivity index (χ1v) is 7.01. The van der Waals surface area contributed by atoms with Gasteiger partial charge in [-0.15, -0.1) is 0 Å². The smallest absolute Gasteiger partial charge is 0.423 e. The molecular formula is C12H14IO2+. The van der Waals surface area contributed by atoms with Crippen LogP contribution < -0.4 is 21.2 Å². The van der Waals surface area contributed by atoms with Gasteiger partial charge >= 0.3 is 28.7 Å². The fraction of sp³-hybridized carbons (Fsp3) is 0.333. The Kier molecular flexibility index (Phi) is 2.91. The molecule has 0 unspecified atom stereocenters. The van der Waals surface area contributed by atoms with Crippen molar-refractivity contribution in [3.8, 4) is 0 Å². The first-order valence-electron chi connectivity index (χ1n) is 4.85. The van der Waals surface area contributed by atoms with Crippen molar-refractivity contribution in [2.45, 2.75) is 27.7 Å². The first-order chi connectivity index (χ1) is 7.06. The molecule has 0 aliphatic heterocycles. The van der Waals surface area contributed by atoms with E-state index in [1.165, 1.54) is 11.1 Å². The monoisotopic (exact) mass is 317 g/mol. The summed E-state index contributed by atoms with van der Waals surface area (Å²) in [6.07, 6.45) is 0. The van der Waals surface area contributed by atoms with E-state index >= 15 is 0 Å². The van der Waals surface area contributed by atoms with Crippen molar-refractivity contribution in [1.29, 1.82) is 0 Å². The molecule has 80 valence electrons. The highest BCUT2D eigenvalue weighted by molar-refractivity contribution is 5.13. The summed E-state index contributed by atoms with van der Waals surface area (Å²) in [6, 6.07) is 4.24. The van der Waals surface area contributed by atoms with Crippen molar-refractivity contribution in [2.75, 3.05) is 0 Å². The van der Waals surface area contributed by atoms with Crippen LogP contribution in [0.4, 0.5) is 0 Å². The molecular weight excluding hydrogens is 303 g/mol. The molecule has 0 fully saturated rings. The zero-order valence-corrected chi connectivity index (χ0v) is 11.5. The second-order valence-corrected chi connectivity index (χ2v) is 6.34. The quantitative estimate of drug-likeness (QED) is 0.742. The number of furan rings is 2. The van der Waals surface area contributed by atoms with Crippen LogP contribution in [0.3, 0.4) is 0 Å². The van der Waals surface area contributed by atoms with Crippen LogP contribution >= 0.6 is 0 Å². The minimum absolute atomic E-state index is 0.297. The first kappa shape index (κ1) is 10.8. The molecule has 2 nitrogen and oxygen atoms in total. The van der Waals surface area contributed by atoms with Gasteiger partial charge in [0.15, 0.2) is 0 Å². The average molecular weight is 317 g/mol. The average Bonchev–Trinajstić information content (AvgIpc) is 2.59. The number of halogens is 1. The molecule has 2 rings (SSSR count). The van der Waals surface area contributed by atoms with Crippen molar-refractivity contribution in [1.82, 2.24) is 0 Å². The zero-order chi connectivity index (χ0) is 11.0. The molecule has 2 aromatic rings. The Bertz CT molecular complexity index is 397. The van der Waals surface area contributed by atoms with Gasteiger partial charge in [0.25, 0.3) is 0 Å². The van der Waals surface area contributed by atoms with Crippen LogP contribution in [0.25, 0.3) is 0 Å². The number of aryl methyl sites for hydroxylation is 4. The lowest BCUT2D eigenvalue weighted by atomic mass is 10.3. The van der Waals surface area contributed by atoms with Crippen molar-refractivity contribution < 1.29 is 30.0 Å². The third-order valence-corrected chi connectivity index (χ3v) is 4.58. The molecule has 0 spiro atoms. The normalized spacial score (nSPS) is 10.9. The van der Waals surface area contributed by atoms with E-state index in [1.54, 1.807) is 0 Å². The Hall–Kier alpha value is -0.710. The molecule has 0 saturated heterocycles. The zero-order valence-electron chi connectivity index (χ0n) is 9.35. The molecule has 0 atom stereocenters. The lowest BCUT2D eigenvalue weighted by molar-refractivity contribution is -0.636. The molecule has 0 bridgehead atoms. The van der Waals surface area contributed by atoms with Crippen LogP contribution in [0.1, 0.15) is 22.6 Å². The van der Waals surface area contributed by atoms with E-state index in [0.717, 1.165) is 19.1 Å². The third-order valence-electron chi connectivity index (χ3n) is 2.46. The summed E-state index contributed by atoms with van der Waals surface area (Å²) in [5, 5.41) is 0. The Morgan fingerprint density at radius 1 is 0.800 bits per heavy atom. The van der Waals surface area contributed by atoms with E-state index in [2.05, 4.69) is 26.0 Å². The summed E-state index contributed by atoms with van der Waals surface area (Å²) in [6.45, 7) is 8.15. The minimum Gasteiger partial charge on any atom is -0.423 e. The van der Waals surface area contributed by atoms with Gasteiger partial charge in [-0.05, 0) is 38.8 Å². The predicted octanol–water partition coefficient (Wildman–Crippen LogP) is 0.235. The van der Waals surface area contributed by atoms with Gasteiger partial charge in [0.05, 0.1) is 0 Å². The van der Waals surface area contributed by atoms with Crippen molar-refractivity contribution in [3.63, 3.8) is 0 Å². The molecule has 0 aliphatic rings. The van der Waals surface area contributed by atoms with Gasteiger partial charge in [0.1, 0.15) is 11.5 Å². The largest absolute Gasteiger partial charge is 0.443 e. The fourth-order valence-electron chi connectivity index (χ4n) is 1.24. The van der Waals surface area contributed by atoms with Crippen molar-refractivity contribution >= 4 is 0 Å². The van der Waals surface area contributed by atoms with Gasteiger partial charge in [-0.1, -0.05) is 0 Å². The van der Waals surface area contributed by atoms with Crippen LogP contribution in [0, 0.1) is 35.2 Å². The second-order valence-electron chi connectivity index (χ2n) is 3.67. The molecule has 15 heavy (non-hydrogen) atoms. The lowest BCUT2D eigenvalue weighted by Gasteiger charge is -1.79. The van der Waals surface area contributed by atoms with E-state index in [4.69, 9.17) is 8.83 Å². The molecule has 0 aromatic carbocycles. The number of hydrogen-bond acceptors (Lipinski definition) is 2. The maximum Gasteiger partial charge on any atom is 0.443 e. The van der Waals surface area contributed by atoms with Gasteiger partial charge in [-0.3, -0.25) is 0 Å². The highest BCUT2D eigenvalue weighted by Crippen LogP contribution is 2.07. The maximum atomic E-state index is 5.66. The van der Waals surface area contributed by atoms with Crippen LogP contribution in [0.15, 0.2) is 21.0 Å². The van der Waals surface area contributed by atoms with Gasteiger partial charge in [-0.2, -0.15) is 0 Å². The van der Waals surface area contributed by atoms with Crippen molar-refractivity contribution in [3.05, 3.63) is 42.3 Å². The molecule has 0 aliphatic carbocycles. The third kappa shape index (κ3) is 2.27. The summed E-state index contributed by atoms with van der Waals surface area (Å²) in [5.74, 6) is 2.04. The van der Waals surface area contributed by atoms with Gasteiger partial charge < -0.3 is 8.83 Å². The summed E-state index contributed by atoms with van der Waals surface area (Å²) in [4.78, 5) is 0. The standard InChI is InChI=1S/C12H14IO2/c1-7-5-11(14-9(7)3)13-12-6-8(2)10(4)15-12/h5-6H,1-4H3/q+1. The van der Waals surface area contributed by atoms with E-state index < -0.39 is 0 Å². The molecule has 0 amide bonds. The van der Waals surface area contributed by atoms with E-state index in [1.807, 2.05) is 13.8 Å². The van der Waals surface area contributed by atoms with Crippen LogP contribution in [-0.4, -0.2) is 0 Å². The summed E-state index contributed by atoms with van der Waals surface area (Å²) >= 11 is -0.297. The highest BCUT2D eigenvalue weighted by atomic mass is 127. The van der Waals surface area contributed by atoms with Crippen molar-refractivity contribution in [2.24, 2.45) is 0 Å². The van der Waals surface area contributed by atoms with E-state index in [0.29, 0.717) is 0 Å². The Morgan fingerprint density at radius 3 is 1.47 bits per heavy atom. The fourth-order valence-corrected chi connectivity index (χ4v) is 3.89. The molecule has 0 radical (unpaired) electrons. The van der Waals surface area contributed by atoms with Gasteiger partial charge in [-0.25, -0.2) is 0 Å². The van der Waals surface area contributed by atoms with Gasteiger partial charge in [0, 0.05) is 12.1 Å². The summed E-state index contributed by atoms with van der Waals surface area (Å²) in [5.41, 5.74) is 2.45. The number of rotatable bonds is 2. The van der Waals surface area contributed by atoms with Crippen LogP contribution in [0.5, 0.6) is 0 Å². The minimum atomic E-state index is -0.297. The number of hydrogen-bond donors (Lipinski definition) is 0. The molecule has 3 heteroatoms. The molecule has 0 N–H and O–H groups in total. The van der Waals surface area contributed by atoms with E-state index in [-0.39, 0.29) is 21.2 Å². The van der Waals surface area contributed by atoms with Crippen LogP contribution in [0.2, 0.25) is 0 Å². The second kappa shape index (κ2) is 4.04. The highest BCUT2D eigenvalue weighted by Gasteiger charge is 2.25. The summed E-state index contributed by atoms with van der Waals surface area (Å²) in [7, 11) is 0. The molecule has 2 heterocycles. The maximum absolute atomic E-state index is 5.66. The Morgan fingerprint density at radius 2 is 1.20 bits per heavy atom. The predicted molar refractivity (Wildman–Crippen MR) is 53.8 cm³/mol. The SMILES string of the molecule is Cc1cc([I+]c2cc(C)c(C)o2)oc1C. The van der Waals surface area contributed by atoms with Gasteiger partial charge in [0.2, 0.25) is 0 Å². The molecule has 0 saturated carbocycles. The Balaban J connectivity index is 2.21. The topological polar surface area (TPSA) is 26.3 Å². The van der Waals surface area contributed by atoms with E-state index in [9.17, 15) is 0 Å². The summed E-state index contributed by atoms with van der Waals surface area (Å²) < 4.78 is 13.5. The Labute approximate surface area is 99.9 Å².